The van der Waals surface area contributed by atoms with Crippen molar-refractivity contribution in [3.63, 3.8) is 0 Å². The Balaban J connectivity index is 2.04. The van der Waals surface area contributed by atoms with Gasteiger partial charge in [0.15, 0.2) is 0 Å². The Kier molecular flexibility index (Phi) is 10.1. The van der Waals surface area contributed by atoms with Gasteiger partial charge in [-0.2, -0.15) is 0 Å². The van der Waals surface area contributed by atoms with Crippen molar-refractivity contribution in [1.82, 2.24) is 10.2 Å². The van der Waals surface area contributed by atoms with E-state index in [0.29, 0.717) is 17.0 Å². The van der Waals surface area contributed by atoms with Crippen LogP contribution in [0.3, 0.4) is 0 Å². The molecule has 0 aromatic heterocycles. The zero-order valence-electron chi connectivity index (χ0n) is 22.4. The lowest BCUT2D eigenvalue weighted by Gasteiger charge is -2.32. The number of aryl methyl sites for hydroxylation is 1. The Morgan fingerprint density at radius 2 is 1.67 bits per heavy atom. The zero-order chi connectivity index (χ0) is 28.7. The van der Waals surface area contributed by atoms with E-state index in [1.54, 1.807) is 43.3 Å². The van der Waals surface area contributed by atoms with Gasteiger partial charge in [-0.3, -0.25) is 13.9 Å². The lowest BCUT2D eigenvalue weighted by molar-refractivity contribution is -0.139. The van der Waals surface area contributed by atoms with E-state index in [4.69, 9.17) is 11.6 Å². The van der Waals surface area contributed by atoms with Gasteiger partial charge in [0.1, 0.15) is 18.4 Å². The number of hydrogen-bond donors (Lipinski definition) is 1. The second-order valence-electron chi connectivity index (χ2n) is 9.42. The standard InChI is InChI=1S/C29H33ClFN3O4S/c1-5-21(3)32-29(36)22(4)33(18-23-9-8-10-24(30)17-23)28(35)19-34(27-12-7-6-11-26(27)31)39(37,38)25-15-13-20(2)14-16-25/h6-17,21-22H,5,18-19H2,1-4H3,(H,32,36)/t21-,22-/m1/s1. The first-order valence-corrected chi connectivity index (χ1v) is 14.4. The number of halogens is 2. The number of anilines is 1. The van der Waals surface area contributed by atoms with E-state index in [-0.39, 0.29) is 23.2 Å². The van der Waals surface area contributed by atoms with Crippen LogP contribution < -0.4 is 9.62 Å². The molecule has 208 valence electrons. The van der Waals surface area contributed by atoms with Gasteiger partial charge < -0.3 is 10.2 Å². The summed E-state index contributed by atoms with van der Waals surface area (Å²) in [6.07, 6.45) is 0.691. The first-order valence-electron chi connectivity index (χ1n) is 12.6. The third-order valence-corrected chi connectivity index (χ3v) is 8.43. The van der Waals surface area contributed by atoms with Gasteiger partial charge >= 0.3 is 0 Å². The zero-order valence-corrected chi connectivity index (χ0v) is 24.0. The summed E-state index contributed by atoms with van der Waals surface area (Å²) in [6, 6.07) is 17.2. The third-order valence-electron chi connectivity index (χ3n) is 6.42. The Labute approximate surface area is 234 Å². The maximum Gasteiger partial charge on any atom is 0.264 e. The lowest BCUT2D eigenvalue weighted by Crippen LogP contribution is -2.52. The summed E-state index contributed by atoms with van der Waals surface area (Å²) in [5.41, 5.74) is 1.22. The first-order chi connectivity index (χ1) is 18.4. The molecule has 0 fully saturated rings. The first kappa shape index (κ1) is 30.1. The summed E-state index contributed by atoms with van der Waals surface area (Å²) in [5.74, 6) is -1.87. The highest BCUT2D eigenvalue weighted by molar-refractivity contribution is 7.92. The van der Waals surface area contributed by atoms with Gasteiger partial charge in [-0.1, -0.05) is 60.5 Å². The van der Waals surface area contributed by atoms with Crippen LogP contribution in [-0.4, -0.2) is 43.8 Å². The fourth-order valence-corrected chi connectivity index (χ4v) is 5.52. The predicted molar refractivity (Wildman–Crippen MR) is 151 cm³/mol. The predicted octanol–water partition coefficient (Wildman–Crippen LogP) is 5.31. The molecule has 0 aliphatic carbocycles. The quantitative estimate of drug-likeness (QED) is 0.337. The number of hydrogen-bond acceptors (Lipinski definition) is 4. The molecule has 0 aliphatic heterocycles. The molecule has 0 saturated heterocycles. The second-order valence-corrected chi connectivity index (χ2v) is 11.7. The van der Waals surface area contributed by atoms with Crippen LogP contribution in [0, 0.1) is 12.7 Å². The molecule has 10 heteroatoms. The fourth-order valence-electron chi connectivity index (χ4n) is 3.88. The van der Waals surface area contributed by atoms with Crippen molar-refractivity contribution in [3.8, 4) is 0 Å². The number of benzene rings is 3. The summed E-state index contributed by atoms with van der Waals surface area (Å²) in [7, 11) is -4.35. The number of nitrogens with zero attached hydrogens (tertiary/aromatic N) is 2. The Morgan fingerprint density at radius 1 is 1.00 bits per heavy atom. The number of carbonyl (C=O) groups is 2. The summed E-state index contributed by atoms with van der Waals surface area (Å²) in [6.45, 7) is 6.42. The Morgan fingerprint density at radius 3 is 2.28 bits per heavy atom. The molecular weight excluding hydrogens is 541 g/mol. The largest absolute Gasteiger partial charge is 0.352 e. The number of rotatable bonds is 11. The van der Waals surface area contributed by atoms with Crippen LogP contribution in [0.1, 0.15) is 38.3 Å². The summed E-state index contributed by atoms with van der Waals surface area (Å²) in [4.78, 5) is 28.1. The van der Waals surface area contributed by atoms with Crippen molar-refractivity contribution < 1.29 is 22.4 Å². The van der Waals surface area contributed by atoms with Crippen LogP contribution in [-0.2, 0) is 26.2 Å². The normalized spacial score (nSPS) is 12.9. The van der Waals surface area contributed by atoms with Gasteiger partial charge in [0, 0.05) is 17.6 Å². The summed E-state index contributed by atoms with van der Waals surface area (Å²) < 4.78 is 43.2. The van der Waals surface area contributed by atoms with Crippen LogP contribution in [0.5, 0.6) is 0 Å². The van der Waals surface area contributed by atoms with E-state index in [9.17, 15) is 22.4 Å². The third kappa shape index (κ3) is 7.58. The average molecular weight is 574 g/mol. The van der Waals surface area contributed by atoms with Crippen molar-refractivity contribution in [1.29, 1.82) is 0 Å². The molecule has 0 radical (unpaired) electrons. The minimum absolute atomic E-state index is 0.00974. The SMILES string of the molecule is CC[C@@H](C)NC(=O)[C@@H](C)N(Cc1cccc(Cl)c1)C(=O)CN(c1ccccc1F)S(=O)(=O)c1ccc(C)cc1. The maximum absolute atomic E-state index is 15.0. The Hall–Kier alpha value is -3.43. The van der Waals surface area contributed by atoms with Gasteiger partial charge in [0.25, 0.3) is 10.0 Å². The molecular formula is C29H33ClFN3O4S. The molecule has 7 nitrogen and oxygen atoms in total. The molecule has 2 atom stereocenters. The van der Waals surface area contributed by atoms with E-state index >= 15 is 0 Å². The lowest BCUT2D eigenvalue weighted by atomic mass is 10.1. The van der Waals surface area contributed by atoms with E-state index in [2.05, 4.69) is 5.32 Å². The maximum atomic E-state index is 15.0. The minimum atomic E-state index is -4.35. The topological polar surface area (TPSA) is 86.8 Å². The molecule has 0 aliphatic rings. The smallest absolute Gasteiger partial charge is 0.264 e. The van der Waals surface area contributed by atoms with Crippen LogP contribution in [0.4, 0.5) is 10.1 Å². The molecule has 3 aromatic rings. The molecule has 0 spiro atoms. The van der Waals surface area contributed by atoms with Crippen LogP contribution in [0.2, 0.25) is 5.02 Å². The molecule has 0 heterocycles. The van der Waals surface area contributed by atoms with Gasteiger partial charge in [0.2, 0.25) is 11.8 Å². The van der Waals surface area contributed by atoms with Gasteiger partial charge in [-0.05, 0) is 69.2 Å². The van der Waals surface area contributed by atoms with Gasteiger partial charge in [0.05, 0.1) is 10.6 Å². The van der Waals surface area contributed by atoms with E-state index < -0.39 is 40.2 Å². The number of para-hydroxylation sites is 1. The van der Waals surface area contributed by atoms with Crippen LogP contribution in [0.15, 0.2) is 77.7 Å². The van der Waals surface area contributed by atoms with E-state index in [1.807, 2.05) is 20.8 Å². The molecule has 0 bridgehead atoms. The summed E-state index contributed by atoms with van der Waals surface area (Å²) >= 11 is 6.15. The molecule has 3 rings (SSSR count). The highest BCUT2D eigenvalue weighted by atomic mass is 35.5. The minimum Gasteiger partial charge on any atom is -0.352 e. The molecule has 0 saturated carbocycles. The van der Waals surface area contributed by atoms with Crippen molar-refractivity contribution in [2.75, 3.05) is 10.8 Å². The number of sulfonamides is 1. The van der Waals surface area contributed by atoms with Crippen LogP contribution >= 0.6 is 11.6 Å². The van der Waals surface area contributed by atoms with Crippen molar-refractivity contribution in [2.45, 2.75) is 57.6 Å². The summed E-state index contributed by atoms with van der Waals surface area (Å²) in [5, 5.41) is 3.32. The highest BCUT2D eigenvalue weighted by Gasteiger charge is 2.33. The van der Waals surface area contributed by atoms with Gasteiger partial charge in [-0.15, -0.1) is 0 Å². The van der Waals surface area contributed by atoms with Crippen LogP contribution in [0.25, 0.3) is 0 Å². The molecule has 2 amide bonds. The van der Waals surface area contributed by atoms with Crippen molar-refractivity contribution in [2.24, 2.45) is 0 Å². The number of amides is 2. The molecule has 39 heavy (non-hydrogen) atoms. The van der Waals surface area contributed by atoms with E-state index in [1.165, 1.54) is 35.2 Å². The van der Waals surface area contributed by atoms with Crippen molar-refractivity contribution in [3.05, 3.63) is 94.8 Å². The van der Waals surface area contributed by atoms with E-state index in [0.717, 1.165) is 15.9 Å². The average Bonchev–Trinajstić information content (AvgIpc) is 2.90. The highest BCUT2D eigenvalue weighted by Crippen LogP contribution is 2.27. The number of nitrogens with one attached hydrogen (secondary N) is 1. The number of carbonyl (C=O) groups excluding carboxylic acids is 2. The van der Waals surface area contributed by atoms with Gasteiger partial charge in [-0.25, -0.2) is 12.8 Å². The molecule has 0 unspecified atom stereocenters. The van der Waals surface area contributed by atoms with Crippen molar-refractivity contribution >= 4 is 39.1 Å². The molecule has 1 N–H and O–H groups in total. The Bertz CT molecular complexity index is 1420. The fraction of sp³-hybridized carbons (Fsp3) is 0.310. The molecule has 3 aromatic carbocycles. The monoisotopic (exact) mass is 573 g/mol. The second kappa shape index (κ2) is 13.1.